The van der Waals surface area contributed by atoms with Crippen molar-refractivity contribution in [2.75, 3.05) is 6.61 Å². The van der Waals surface area contributed by atoms with E-state index < -0.39 is 53.7 Å². The number of carbonyl (C=O) groups is 1. The van der Waals surface area contributed by atoms with Crippen molar-refractivity contribution in [3.05, 3.63) is 0 Å². The Morgan fingerprint density at radius 1 is 1.00 bits per heavy atom. The molecule has 8 nitrogen and oxygen atoms in total. The summed E-state index contributed by atoms with van der Waals surface area (Å²) in [4.78, 5) is 12.2. The molecule has 4 rings (SSSR count). The molecule has 4 fully saturated rings. The second-order valence-corrected chi connectivity index (χ2v) is 8.26. The molecule has 0 bridgehead atoms. The van der Waals surface area contributed by atoms with Crippen LogP contribution in [-0.2, 0) is 33.2 Å². The van der Waals surface area contributed by atoms with Crippen LogP contribution >= 0.6 is 0 Å². The molecule has 0 aromatic carbocycles. The van der Waals surface area contributed by atoms with Gasteiger partial charge in [0.15, 0.2) is 11.6 Å². The standard InChI is InChI=1S/C17H26O8/c1-8-6-9(14(18)21-8)17(19)13-12(23-16(4,5)25-13)11(24-17)10-7-20-15(2,3)22-10/h8-13,19H,6-7H2,1-5H3/t8?,9-,10-,11-,12+,13+,17?/m1/s1. The van der Waals surface area contributed by atoms with E-state index in [1.807, 2.05) is 13.8 Å². The van der Waals surface area contributed by atoms with E-state index >= 15 is 0 Å². The molecule has 0 amide bonds. The first-order chi connectivity index (χ1) is 11.5. The highest BCUT2D eigenvalue weighted by atomic mass is 16.8. The van der Waals surface area contributed by atoms with E-state index in [2.05, 4.69) is 0 Å². The molecule has 0 saturated carbocycles. The largest absolute Gasteiger partial charge is 0.462 e. The van der Waals surface area contributed by atoms with Gasteiger partial charge in [0.2, 0.25) is 5.79 Å². The Labute approximate surface area is 146 Å². The molecule has 0 spiro atoms. The molecule has 4 aliphatic heterocycles. The lowest BCUT2D eigenvalue weighted by Gasteiger charge is -2.33. The number of rotatable bonds is 2. The van der Waals surface area contributed by atoms with Crippen molar-refractivity contribution in [1.82, 2.24) is 0 Å². The first kappa shape index (κ1) is 17.6. The summed E-state index contributed by atoms with van der Waals surface area (Å²) in [7, 11) is 0. The maximum Gasteiger partial charge on any atom is 0.314 e. The summed E-state index contributed by atoms with van der Waals surface area (Å²) >= 11 is 0. The number of carbonyl (C=O) groups excluding carboxylic acids is 1. The van der Waals surface area contributed by atoms with Crippen LogP contribution in [0.4, 0.5) is 0 Å². The second-order valence-electron chi connectivity index (χ2n) is 8.26. The molecule has 142 valence electrons. The van der Waals surface area contributed by atoms with Crippen LogP contribution in [0.5, 0.6) is 0 Å². The average molecular weight is 358 g/mol. The van der Waals surface area contributed by atoms with E-state index in [0.29, 0.717) is 13.0 Å². The van der Waals surface area contributed by atoms with Crippen molar-refractivity contribution in [3.63, 3.8) is 0 Å². The quantitative estimate of drug-likeness (QED) is 0.721. The number of cyclic esters (lactones) is 1. The van der Waals surface area contributed by atoms with Crippen LogP contribution in [0.1, 0.15) is 41.0 Å². The summed E-state index contributed by atoms with van der Waals surface area (Å²) in [5, 5.41) is 11.3. The number of hydrogen-bond donors (Lipinski definition) is 1. The topological polar surface area (TPSA) is 92.7 Å². The fraction of sp³-hybridized carbons (Fsp3) is 0.941. The molecule has 8 heteroatoms. The molecule has 4 saturated heterocycles. The van der Waals surface area contributed by atoms with Gasteiger partial charge < -0.3 is 33.5 Å². The Bertz CT molecular complexity index is 575. The summed E-state index contributed by atoms with van der Waals surface area (Å²) in [6.45, 7) is 9.28. The zero-order valence-electron chi connectivity index (χ0n) is 15.2. The maximum absolute atomic E-state index is 12.2. The Hall–Kier alpha value is -0.770. The number of aliphatic hydroxyl groups is 1. The minimum atomic E-state index is -1.82. The van der Waals surface area contributed by atoms with E-state index in [0.717, 1.165) is 0 Å². The van der Waals surface area contributed by atoms with Gasteiger partial charge in [0.1, 0.15) is 36.4 Å². The summed E-state index contributed by atoms with van der Waals surface area (Å²) in [6, 6.07) is 0. The van der Waals surface area contributed by atoms with Crippen molar-refractivity contribution < 1.29 is 38.3 Å². The van der Waals surface area contributed by atoms with Crippen LogP contribution in [-0.4, -0.2) is 65.6 Å². The van der Waals surface area contributed by atoms with Crippen molar-refractivity contribution in [2.24, 2.45) is 5.92 Å². The fourth-order valence-corrected chi connectivity index (χ4v) is 4.24. The molecule has 25 heavy (non-hydrogen) atoms. The first-order valence-corrected chi connectivity index (χ1v) is 8.79. The second kappa shape index (κ2) is 5.37. The third-order valence-electron chi connectivity index (χ3n) is 5.25. The van der Waals surface area contributed by atoms with Gasteiger partial charge in [0, 0.05) is 6.42 Å². The van der Waals surface area contributed by atoms with Crippen LogP contribution in [0.15, 0.2) is 0 Å². The Balaban J connectivity index is 1.64. The molecule has 0 aliphatic carbocycles. The van der Waals surface area contributed by atoms with Gasteiger partial charge in [-0.05, 0) is 34.6 Å². The number of esters is 1. The van der Waals surface area contributed by atoms with Crippen LogP contribution < -0.4 is 0 Å². The highest BCUT2D eigenvalue weighted by molar-refractivity contribution is 5.76. The summed E-state index contributed by atoms with van der Waals surface area (Å²) in [5.41, 5.74) is 0. The van der Waals surface area contributed by atoms with E-state index in [9.17, 15) is 9.90 Å². The van der Waals surface area contributed by atoms with Gasteiger partial charge in [-0.25, -0.2) is 0 Å². The van der Waals surface area contributed by atoms with Crippen LogP contribution in [0, 0.1) is 5.92 Å². The van der Waals surface area contributed by atoms with Gasteiger partial charge in [-0.1, -0.05) is 0 Å². The molecule has 0 radical (unpaired) electrons. The third kappa shape index (κ3) is 2.79. The Kier molecular flexibility index (Phi) is 3.79. The van der Waals surface area contributed by atoms with Gasteiger partial charge in [0.25, 0.3) is 0 Å². The van der Waals surface area contributed by atoms with Crippen molar-refractivity contribution >= 4 is 5.97 Å². The first-order valence-electron chi connectivity index (χ1n) is 8.79. The molecule has 4 aliphatic rings. The van der Waals surface area contributed by atoms with Gasteiger partial charge >= 0.3 is 5.97 Å². The lowest BCUT2D eigenvalue weighted by molar-refractivity contribution is -0.299. The Morgan fingerprint density at radius 3 is 2.28 bits per heavy atom. The number of ether oxygens (including phenoxy) is 6. The molecule has 0 aromatic rings. The van der Waals surface area contributed by atoms with E-state index in [1.54, 1.807) is 20.8 Å². The summed E-state index contributed by atoms with van der Waals surface area (Å²) in [6.07, 6.45) is -2.31. The number of hydrogen-bond acceptors (Lipinski definition) is 8. The highest BCUT2D eigenvalue weighted by Crippen LogP contribution is 2.50. The smallest absolute Gasteiger partial charge is 0.314 e. The molecular formula is C17H26O8. The normalized spacial score (nSPS) is 50.9. The molecular weight excluding hydrogens is 332 g/mol. The van der Waals surface area contributed by atoms with E-state index in [1.165, 1.54) is 0 Å². The van der Waals surface area contributed by atoms with Gasteiger partial charge in [-0.3, -0.25) is 4.79 Å². The van der Waals surface area contributed by atoms with E-state index in [4.69, 9.17) is 28.4 Å². The molecule has 0 aromatic heterocycles. The summed E-state index contributed by atoms with van der Waals surface area (Å²) in [5.74, 6) is -4.75. The predicted octanol–water partition coefficient (Wildman–Crippen LogP) is 0.697. The van der Waals surface area contributed by atoms with Gasteiger partial charge in [-0.15, -0.1) is 0 Å². The van der Waals surface area contributed by atoms with Gasteiger partial charge in [-0.2, -0.15) is 0 Å². The monoisotopic (exact) mass is 358 g/mol. The minimum Gasteiger partial charge on any atom is -0.462 e. The Morgan fingerprint density at radius 2 is 1.72 bits per heavy atom. The minimum absolute atomic E-state index is 0.275. The zero-order valence-corrected chi connectivity index (χ0v) is 15.2. The SMILES string of the molecule is CC1C[C@@H](C2(O)O[C@H]([C@H]3COC(C)(C)O3)[C@@H]3OC(C)(C)O[C@@H]32)C(=O)O1. The molecule has 7 atom stereocenters. The molecule has 2 unspecified atom stereocenters. The van der Waals surface area contributed by atoms with Crippen LogP contribution in [0.2, 0.25) is 0 Å². The third-order valence-corrected chi connectivity index (χ3v) is 5.25. The molecule has 1 N–H and O–H groups in total. The van der Waals surface area contributed by atoms with Crippen molar-refractivity contribution in [2.45, 2.75) is 88.9 Å². The van der Waals surface area contributed by atoms with Gasteiger partial charge in [0.05, 0.1) is 6.61 Å². The average Bonchev–Trinajstić information content (AvgIpc) is 3.16. The van der Waals surface area contributed by atoms with Crippen molar-refractivity contribution in [3.8, 4) is 0 Å². The lowest BCUT2D eigenvalue weighted by atomic mass is 9.89. The zero-order chi connectivity index (χ0) is 18.2. The van der Waals surface area contributed by atoms with Crippen molar-refractivity contribution in [1.29, 1.82) is 0 Å². The van der Waals surface area contributed by atoms with E-state index in [-0.39, 0.29) is 6.10 Å². The lowest BCUT2D eigenvalue weighted by Crippen LogP contribution is -2.51. The van der Waals surface area contributed by atoms with Crippen LogP contribution in [0.25, 0.3) is 0 Å². The molecule has 4 heterocycles. The summed E-state index contributed by atoms with van der Waals surface area (Å²) < 4.78 is 34.6. The fourth-order valence-electron chi connectivity index (χ4n) is 4.24. The predicted molar refractivity (Wildman–Crippen MR) is 82.2 cm³/mol. The number of fused-ring (bicyclic) bond motifs is 1. The highest BCUT2D eigenvalue weighted by Gasteiger charge is 2.69. The maximum atomic E-state index is 12.2. The van der Waals surface area contributed by atoms with Crippen LogP contribution in [0.3, 0.4) is 0 Å².